The van der Waals surface area contributed by atoms with Crippen LogP contribution in [0.3, 0.4) is 0 Å². The van der Waals surface area contributed by atoms with Gasteiger partial charge >= 0.3 is 0 Å². The number of hydrogen-bond acceptors (Lipinski definition) is 3. The van der Waals surface area contributed by atoms with Crippen LogP contribution >= 0.6 is 0 Å². The minimum absolute atomic E-state index is 0.0309. The van der Waals surface area contributed by atoms with Gasteiger partial charge in [0.1, 0.15) is 0 Å². The van der Waals surface area contributed by atoms with Crippen LogP contribution < -0.4 is 4.72 Å². The van der Waals surface area contributed by atoms with E-state index in [0.717, 1.165) is 5.56 Å². The molecule has 2 N–H and O–H groups in total. The van der Waals surface area contributed by atoms with Crippen LogP contribution in [-0.4, -0.2) is 26.2 Å². The van der Waals surface area contributed by atoms with Gasteiger partial charge in [0.25, 0.3) is 0 Å². The lowest BCUT2D eigenvalue weighted by molar-refractivity contribution is 0.299. The Labute approximate surface area is 121 Å². The molecule has 0 radical (unpaired) electrons. The standard InChI is InChI=1S/C15H23NO3S/c1-14(2)13(15(14,3)4)16-20(18,19)12-7-5-11(6-8-12)9-10-17/h5-8,13,16-17H,9-10H2,1-4H3. The molecule has 1 aromatic carbocycles. The van der Waals surface area contributed by atoms with E-state index in [-0.39, 0.29) is 28.4 Å². The molecule has 1 aliphatic carbocycles. The molecule has 20 heavy (non-hydrogen) atoms. The van der Waals surface area contributed by atoms with Crippen molar-refractivity contribution in [3.63, 3.8) is 0 Å². The maximum Gasteiger partial charge on any atom is 0.240 e. The molecule has 0 spiro atoms. The second-order valence-corrected chi connectivity index (χ2v) is 8.33. The van der Waals surface area contributed by atoms with Crippen molar-refractivity contribution in [3.8, 4) is 0 Å². The van der Waals surface area contributed by atoms with Gasteiger partial charge in [-0.3, -0.25) is 0 Å². The molecule has 0 aliphatic heterocycles. The van der Waals surface area contributed by atoms with Crippen LogP contribution in [0.4, 0.5) is 0 Å². The Morgan fingerprint density at radius 3 is 2.00 bits per heavy atom. The van der Waals surface area contributed by atoms with Gasteiger partial charge in [-0.05, 0) is 34.9 Å². The van der Waals surface area contributed by atoms with Gasteiger partial charge in [-0.2, -0.15) is 0 Å². The topological polar surface area (TPSA) is 66.4 Å². The van der Waals surface area contributed by atoms with Gasteiger partial charge < -0.3 is 5.11 Å². The molecule has 0 heterocycles. The van der Waals surface area contributed by atoms with Gasteiger partial charge in [0.2, 0.25) is 10.0 Å². The van der Waals surface area contributed by atoms with Crippen molar-refractivity contribution < 1.29 is 13.5 Å². The van der Waals surface area contributed by atoms with E-state index in [9.17, 15) is 8.42 Å². The van der Waals surface area contributed by atoms with Crippen molar-refractivity contribution in [1.29, 1.82) is 0 Å². The van der Waals surface area contributed by atoms with Gasteiger partial charge in [0.15, 0.2) is 0 Å². The van der Waals surface area contributed by atoms with Crippen LogP contribution in [0.1, 0.15) is 33.3 Å². The highest BCUT2D eigenvalue weighted by atomic mass is 32.2. The van der Waals surface area contributed by atoms with Crippen LogP contribution in [-0.2, 0) is 16.4 Å². The van der Waals surface area contributed by atoms with E-state index >= 15 is 0 Å². The fraction of sp³-hybridized carbons (Fsp3) is 0.600. The Balaban J connectivity index is 2.16. The van der Waals surface area contributed by atoms with E-state index in [1.807, 2.05) is 0 Å². The third-order valence-electron chi connectivity index (χ3n) is 4.93. The summed E-state index contributed by atoms with van der Waals surface area (Å²) in [7, 11) is -3.48. The molecule has 5 heteroatoms. The number of sulfonamides is 1. The monoisotopic (exact) mass is 297 g/mol. The Bertz CT molecular complexity index is 574. The van der Waals surface area contributed by atoms with Crippen molar-refractivity contribution >= 4 is 10.0 Å². The first-order valence-corrected chi connectivity index (χ1v) is 8.33. The maximum atomic E-state index is 12.4. The first-order valence-electron chi connectivity index (χ1n) is 6.85. The molecule has 0 atom stereocenters. The van der Waals surface area contributed by atoms with Gasteiger partial charge in [-0.1, -0.05) is 39.8 Å². The summed E-state index contributed by atoms with van der Waals surface area (Å²) < 4.78 is 27.5. The third-order valence-corrected chi connectivity index (χ3v) is 6.37. The summed E-state index contributed by atoms with van der Waals surface area (Å²) in [5.74, 6) is 0. The smallest absolute Gasteiger partial charge is 0.240 e. The summed E-state index contributed by atoms with van der Waals surface area (Å²) >= 11 is 0. The van der Waals surface area contributed by atoms with Crippen LogP contribution in [0.15, 0.2) is 29.2 Å². The minimum Gasteiger partial charge on any atom is -0.396 e. The Morgan fingerprint density at radius 1 is 1.10 bits per heavy atom. The van der Waals surface area contributed by atoms with Crippen molar-refractivity contribution in [1.82, 2.24) is 4.72 Å². The molecule has 112 valence electrons. The second kappa shape index (κ2) is 4.83. The van der Waals surface area contributed by atoms with E-state index in [0.29, 0.717) is 6.42 Å². The molecule has 0 amide bonds. The summed E-state index contributed by atoms with van der Waals surface area (Å²) in [4.78, 5) is 0.276. The lowest BCUT2D eigenvalue weighted by Gasteiger charge is -2.09. The van der Waals surface area contributed by atoms with Crippen molar-refractivity contribution in [2.24, 2.45) is 10.8 Å². The normalized spacial score (nSPS) is 20.9. The molecular weight excluding hydrogens is 274 g/mol. The van der Waals surface area contributed by atoms with Crippen LogP contribution in [0.2, 0.25) is 0 Å². The van der Waals surface area contributed by atoms with Gasteiger partial charge in [0, 0.05) is 12.6 Å². The first kappa shape index (κ1) is 15.5. The fourth-order valence-electron chi connectivity index (χ4n) is 2.68. The van der Waals surface area contributed by atoms with Crippen molar-refractivity contribution in [3.05, 3.63) is 29.8 Å². The maximum absolute atomic E-state index is 12.4. The predicted molar refractivity (Wildman–Crippen MR) is 78.9 cm³/mol. The van der Waals surface area contributed by atoms with E-state index in [1.165, 1.54) is 0 Å². The molecule has 0 bridgehead atoms. The molecule has 4 nitrogen and oxygen atoms in total. The molecule has 1 aromatic rings. The molecule has 2 rings (SSSR count). The van der Waals surface area contributed by atoms with Gasteiger partial charge in [-0.25, -0.2) is 13.1 Å². The molecular formula is C15H23NO3S. The Morgan fingerprint density at radius 2 is 1.60 bits per heavy atom. The highest BCUT2D eigenvalue weighted by molar-refractivity contribution is 7.89. The van der Waals surface area contributed by atoms with Crippen LogP contribution in [0, 0.1) is 10.8 Å². The molecule has 0 unspecified atom stereocenters. The Kier molecular flexibility index (Phi) is 3.73. The fourth-order valence-corrected chi connectivity index (χ4v) is 4.21. The van der Waals surface area contributed by atoms with E-state index in [4.69, 9.17) is 5.11 Å². The highest BCUT2D eigenvalue weighted by Gasteiger charge is 2.65. The lowest BCUT2D eigenvalue weighted by atomic mass is 10.0. The summed E-state index contributed by atoms with van der Waals surface area (Å²) in [6.45, 7) is 8.36. The summed E-state index contributed by atoms with van der Waals surface area (Å²) in [5.41, 5.74) is 0.867. The number of nitrogens with one attached hydrogen (secondary N) is 1. The summed E-state index contributed by atoms with van der Waals surface area (Å²) in [6.07, 6.45) is 0.538. The van der Waals surface area contributed by atoms with E-state index < -0.39 is 10.0 Å². The number of hydrogen-bond donors (Lipinski definition) is 2. The van der Waals surface area contributed by atoms with Crippen LogP contribution in [0.5, 0.6) is 0 Å². The summed E-state index contributed by atoms with van der Waals surface area (Å²) in [6, 6.07) is 6.63. The van der Waals surface area contributed by atoms with Gasteiger partial charge in [-0.15, -0.1) is 0 Å². The largest absolute Gasteiger partial charge is 0.396 e. The number of benzene rings is 1. The molecule has 1 saturated carbocycles. The Hall–Kier alpha value is -0.910. The first-order chi connectivity index (χ1) is 9.13. The minimum atomic E-state index is -3.48. The zero-order valence-electron chi connectivity index (χ0n) is 12.5. The SMILES string of the molecule is CC1(C)C(NS(=O)(=O)c2ccc(CCO)cc2)C1(C)C. The number of rotatable bonds is 5. The average molecular weight is 297 g/mol. The zero-order chi connectivity index (χ0) is 15.2. The lowest BCUT2D eigenvalue weighted by Crippen LogP contribution is -2.29. The van der Waals surface area contributed by atoms with E-state index in [1.54, 1.807) is 24.3 Å². The summed E-state index contributed by atoms with van der Waals surface area (Å²) in [5, 5.41) is 8.86. The quantitative estimate of drug-likeness (QED) is 0.873. The van der Waals surface area contributed by atoms with Crippen molar-refractivity contribution in [2.45, 2.75) is 45.1 Å². The van der Waals surface area contributed by atoms with E-state index in [2.05, 4.69) is 32.4 Å². The number of aliphatic hydroxyl groups excluding tert-OH is 1. The third kappa shape index (κ3) is 2.50. The highest BCUT2D eigenvalue weighted by Crippen LogP contribution is 2.62. The van der Waals surface area contributed by atoms with Crippen molar-refractivity contribution in [2.75, 3.05) is 6.61 Å². The molecule has 1 fully saturated rings. The molecule has 0 saturated heterocycles. The predicted octanol–water partition coefficient (Wildman–Crippen LogP) is 1.93. The zero-order valence-corrected chi connectivity index (χ0v) is 13.3. The molecule has 0 aromatic heterocycles. The second-order valence-electron chi connectivity index (χ2n) is 6.62. The van der Waals surface area contributed by atoms with Gasteiger partial charge in [0.05, 0.1) is 4.90 Å². The molecule has 1 aliphatic rings. The van der Waals surface area contributed by atoms with Crippen LogP contribution in [0.25, 0.3) is 0 Å². The number of aliphatic hydroxyl groups is 1. The average Bonchev–Trinajstić information content (AvgIpc) is 2.72.